The monoisotopic (exact) mass is 872 g/mol. The van der Waals surface area contributed by atoms with Crippen molar-refractivity contribution in [2.75, 3.05) is 11.0 Å². The fraction of sp³-hybridized carbons (Fsp3) is 0.316. The second-order valence-corrected chi connectivity index (χ2v) is 17.8. The van der Waals surface area contributed by atoms with Gasteiger partial charge in [-0.1, -0.05) is 12.1 Å². The molecule has 2 aromatic carbocycles. The topological polar surface area (TPSA) is 155 Å². The molecule has 13 nitrogen and oxygen atoms in total. The highest BCUT2D eigenvalue weighted by Gasteiger charge is 2.63. The molecule has 22 heteroatoms. The Bertz CT molecular complexity index is 2990. The van der Waals surface area contributed by atoms with Crippen LogP contribution in [-0.4, -0.2) is 59.9 Å². The number of fused-ring (bicyclic) bond motifs is 5. The Morgan fingerprint density at radius 3 is 2.43 bits per heavy atom. The highest BCUT2D eigenvalue weighted by Crippen LogP contribution is 2.64. The highest BCUT2D eigenvalue weighted by molar-refractivity contribution is 7.92. The van der Waals surface area contributed by atoms with Crippen LogP contribution in [0.5, 0.6) is 0 Å². The summed E-state index contributed by atoms with van der Waals surface area (Å²) >= 11 is 1.26. The number of nitrogens with one attached hydrogen (secondary N) is 2. The Morgan fingerprint density at radius 2 is 1.78 bits per heavy atom. The number of carbonyl (C=O) groups is 1. The van der Waals surface area contributed by atoms with E-state index >= 15 is 8.78 Å². The van der Waals surface area contributed by atoms with E-state index in [0.29, 0.717) is 48.0 Å². The number of para-hydroxylation sites is 1. The van der Waals surface area contributed by atoms with E-state index in [-0.39, 0.29) is 42.0 Å². The van der Waals surface area contributed by atoms with Gasteiger partial charge in [0.25, 0.3) is 5.92 Å². The molecule has 0 radical (unpaired) electrons. The molecular formula is C38H31F7N10O3S2. The minimum Gasteiger partial charge on any atom is -0.346 e. The van der Waals surface area contributed by atoms with Gasteiger partial charge in [0, 0.05) is 59.9 Å². The summed E-state index contributed by atoms with van der Waals surface area (Å²) in [5.74, 6) is -9.01. The Hall–Kier alpha value is -5.90. The van der Waals surface area contributed by atoms with Crippen LogP contribution in [0.4, 0.5) is 36.6 Å². The van der Waals surface area contributed by atoms with Crippen LogP contribution in [0.1, 0.15) is 53.0 Å². The maximum Gasteiger partial charge on any atom is 0.435 e. The van der Waals surface area contributed by atoms with Crippen molar-refractivity contribution in [1.29, 1.82) is 0 Å². The number of hydrogen-bond acceptors (Lipinski definition) is 9. The molecule has 0 spiro atoms. The van der Waals surface area contributed by atoms with Crippen LogP contribution in [-0.2, 0) is 54.0 Å². The molecule has 1 fully saturated rings. The molecule has 60 heavy (non-hydrogen) atoms. The number of aromatic nitrogens is 8. The molecule has 9 rings (SSSR count). The van der Waals surface area contributed by atoms with E-state index in [4.69, 9.17) is 9.97 Å². The average molecular weight is 873 g/mol. The van der Waals surface area contributed by atoms with Gasteiger partial charge in [0.2, 0.25) is 15.9 Å². The minimum absolute atomic E-state index is 0.00732. The minimum atomic E-state index is -5.07. The molecule has 7 aromatic rings. The molecule has 312 valence electrons. The molecule has 1 amide bonds. The molecule has 2 aliphatic rings. The molecule has 0 bridgehead atoms. The van der Waals surface area contributed by atoms with E-state index in [2.05, 4.69) is 25.3 Å². The van der Waals surface area contributed by atoms with Gasteiger partial charge in [-0.2, -0.15) is 37.2 Å². The summed E-state index contributed by atoms with van der Waals surface area (Å²) in [7, 11) is -0.483. The molecule has 2 N–H and O–H groups in total. The van der Waals surface area contributed by atoms with Crippen molar-refractivity contribution in [3.63, 3.8) is 0 Å². The summed E-state index contributed by atoms with van der Waals surface area (Å²) in [5, 5.41) is 15.7. The third-order valence-electron chi connectivity index (χ3n) is 10.8. The van der Waals surface area contributed by atoms with Crippen molar-refractivity contribution in [2.45, 2.75) is 49.9 Å². The van der Waals surface area contributed by atoms with Crippen LogP contribution in [0, 0.1) is 17.6 Å². The van der Waals surface area contributed by atoms with Gasteiger partial charge in [-0.3, -0.25) is 23.6 Å². The molecular weight excluding hydrogens is 842 g/mol. The van der Waals surface area contributed by atoms with E-state index in [1.807, 2.05) is 0 Å². The van der Waals surface area contributed by atoms with Gasteiger partial charge < -0.3 is 5.32 Å². The van der Waals surface area contributed by atoms with Gasteiger partial charge in [-0.05, 0) is 55.0 Å². The van der Waals surface area contributed by atoms with E-state index in [1.165, 1.54) is 16.0 Å². The Kier molecular flexibility index (Phi) is 9.12. The first-order valence-corrected chi connectivity index (χ1v) is 21.0. The number of amides is 1. The first kappa shape index (κ1) is 39.6. The summed E-state index contributed by atoms with van der Waals surface area (Å²) in [5.41, 5.74) is -0.933. The SMILES string of the molecule is Cn1cc(-c2nc3nc(C(Cc4cc(F)cc(F)c4)NC(=O)Cn4nc(C(F)(F)F)c5c4C(F)(F)[C@@H]4CC[C@H]54)c(-c4cccc5c(NS(C)(=O)=O)nn(C)c45)cc3s2)cn1. The van der Waals surface area contributed by atoms with Crippen molar-refractivity contribution >= 4 is 54.3 Å². The standard InChI is InChI=1S/C38H31F7N10O3S2/c1-53-15-18(14-46-53)36-49-35-27(59-36)13-24(21-5-4-6-23-31(21)54(2)51-34(23)52-60(3,57)58)30(48-35)26(11-17-9-19(39)12-20(40)10-17)47-28(56)16-55-33-29(32(50-55)38(43,44)45)22-7-8-25(22)37(33,41)42/h4-6,9-10,12-15,22,25-26H,7-8,11,16H2,1-3H3,(H,47,56)(H,51,52)/t22-,25+,26?/m0/s1. The van der Waals surface area contributed by atoms with Gasteiger partial charge in [-0.15, -0.1) is 11.3 Å². The molecule has 1 unspecified atom stereocenters. The number of sulfonamides is 1. The van der Waals surface area contributed by atoms with Crippen LogP contribution in [0.25, 0.3) is 42.9 Å². The van der Waals surface area contributed by atoms with Crippen LogP contribution in [0.2, 0.25) is 0 Å². The second-order valence-electron chi connectivity index (χ2n) is 15.0. The predicted molar refractivity (Wildman–Crippen MR) is 205 cm³/mol. The Labute approximate surface area is 339 Å². The van der Waals surface area contributed by atoms with Gasteiger partial charge in [0.15, 0.2) is 17.2 Å². The second kappa shape index (κ2) is 13.8. The summed E-state index contributed by atoms with van der Waals surface area (Å²) in [6, 6.07) is 8.05. The van der Waals surface area contributed by atoms with Gasteiger partial charge >= 0.3 is 6.18 Å². The number of halogens is 7. The number of rotatable bonds is 10. The number of benzene rings is 2. The Balaban J connectivity index is 1.21. The first-order chi connectivity index (χ1) is 28.2. The lowest BCUT2D eigenvalue weighted by Gasteiger charge is -2.34. The lowest BCUT2D eigenvalue weighted by molar-refractivity contribution is -0.144. The van der Waals surface area contributed by atoms with Crippen molar-refractivity contribution < 1.29 is 43.9 Å². The molecule has 2 aliphatic carbocycles. The van der Waals surface area contributed by atoms with Crippen LogP contribution in [0.15, 0.2) is 54.9 Å². The van der Waals surface area contributed by atoms with Crippen LogP contribution >= 0.6 is 11.3 Å². The number of aryl methyl sites for hydroxylation is 2. The van der Waals surface area contributed by atoms with Gasteiger partial charge in [0.05, 0.1) is 34.4 Å². The maximum absolute atomic E-state index is 15.7. The van der Waals surface area contributed by atoms with Crippen LogP contribution in [0.3, 0.4) is 0 Å². The zero-order valence-electron chi connectivity index (χ0n) is 31.5. The zero-order chi connectivity index (χ0) is 42.6. The smallest absolute Gasteiger partial charge is 0.346 e. The van der Waals surface area contributed by atoms with Gasteiger partial charge in [-0.25, -0.2) is 27.2 Å². The van der Waals surface area contributed by atoms with Crippen molar-refractivity contribution in [3.8, 4) is 21.7 Å². The number of alkyl halides is 5. The number of nitrogens with zero attached hydrogens (tertiary/aromatic N) is 8. The summed E-state index contributed by atoms with van der Waals surface area (Å²) in [4.78, 5) is 23.7. The third kappa shape index (κ3) is 6.83. The normalized spacial score (nSPS) is 17.8. The number of anilines is 1. The van der Waals surface area contributed by atoms with E-state index in [9.17, 15) is 35.2 Å². The number of carbonyl (C=O) groups excluding carboxylic acids is 1. The molecule has 3 atom stereocenters. The van der Waals surface area contributed by atoms with Crippen molar-refractivity contribution in [3.05, 3.63) is 94.7 Å². The zero-order valence-corrected chi connectivity index (χ0v) is 33.2. The number of thiazole rings is 1. The van der Waals surface area contributed by atoms with Gasteiger partial charge in [0.1, 0.15) is 28.9 Å². The summed E-state index contributed by atoms with van der Waals surface area (Å²) in [6.07, 6.45) is -1.00. The molecule has 0 saturated heterocycles. The predicted octanol–water partition coefficient (Wildman–Crippen LogP) is 7.21. The van der Waals surface area contributed by atoms with E-state index < -0.39 is 81.0 Å². The number of hydrogen-bond donors (Lipinski definition) is 2. The largest absolute Gasteiger partial charge is 0.435 e. The van der Waals surface area contributed by atoms with Crippen LogP contribution < -0.4 is 10.0 Å². The lowest BCUT2D eigenvalue weighted by atomic mass is 9.73. The number of pyridine rings is 1. The molecule has 1 saturated carbocycles. The molecule has 5 heterocycles. The van der Waals surface area contributed by atoms with E-state index in [0.717, 1.165) is 18.4 Å². The summed E-state index contributed by atoms with van der Waals surface area (Å²) < 4.78 is 134. The van der Waals surface area contributed by atoms with Crippen molar-refractivity contribution in [1.82, 2.24) is 44.6 Å². The maximum atomic E-state index is 15.7. The Morgan fingerprint density at radius 1 is 1.03 bits per heavy atom. The lowest BCUT2D eigenvalue weighted by Crippen LogP contribution is -2.36. The van der Waals surface area contributed by atoms with Crippen molar-refractivity contribution in [2.24, 2.45) is 20.0 Å². The molecule has 5 aromatic heterocycles. The summed E-state index contributed by atoms with van der Waals surface area (Å²) in [6.45, 7) is -1.06. The highest BCUT2D eigenvalue weighted by atomic mass is 32.2. The molecule has 0 aliphatic heterocycles. The fourth-order valence-corrected chi connectivity index (χ4v) is 9.76. The average Bonchev–Trinajstić information content (AvgIpc) is 3.92. The fourth-order valence-electron chi connectivity index (χ4n) is 8.33. The first-order valence-electron chi connectivity index (χ1n) is 18.3. The third-order valence-corrected chi connectivity index (χ3v) is 12.4. The quantitative estimate of drug-likeness (QED) is 0.137. The van der Waals surface area contributed by atoms with E-state index in [1.54, 1.807) is 55.4 Å².